The SMILES string of the molecule is O=C(C[C@H]1OC=Cc2ccccc21)c1ccccc1. The molecule has 1 atom stereocenters. The average molecular weight is 250 g/mol. The van der Waals surface area contributed by atoms with E-state index in [1.165, 1.54) is 0 Å². The normalized spacial score (nSPS) is 16.5. The Kier molecular flexibility index (Phi) is 3.15. The lowest BCUT2D eigenvalue weighted by atomic mass is 9.95. The van der Waals surface area contributed by atoms with E-state index < -0.39 is 0 Å². The van der Waals surface area contributed by atoms with Gasteiger partial charge >= 0.3 is 0 Å². The minimum Gasteiger partial charge on any atom is -0.493 e. The van der Waals surface area contributed by atoms with E-state index >= 15 is 0 Å². The summed E-state index contributed by atoms with van der Waals surface area (Å²) in [7, 11) is 0. The number of ketones is 1. The number of hydrogen-bond donors (Lipinski definition) is 0. The van der Waals surface area contributed by atoms with Gasteiger partial charge in [-0.3, -0.25) is 4.79 Å². The van der Waals surface area contributed by atoms with Gasteiger partial charge in [0.25, 0.3) is 0 Å². The quantitative estimate of drug-likeness (QED) is 0.769. The molecule has 2 nitrogen and oxygen atoms in total. The minimum atomic E-state index is -0.186. The molecule has 0 unspecified atom stereocenters. The van der Waals surface area contributed by atoms with Gasteiger partial charge in [0, 0.05) is 11.1 Å². The number of Topliss-reactive ketones (excluding diaryl/α,β-unsaturated/α-hetero) is 1. The van der Waals surface area contributed by atoms with Crippen molar-refractivity contribution in [2.45, 2.75) is 12.5 Å². The van der Waals surface area contributed by atoms with E-state index in [1.807, 2.05) is 60.7 Å². The van der Waals surface area contributed by atoms with Crippen molar-refractivity contribution < 1.29 is 9.53 Å². The first-order valence-corrected chi connectivity index (χ1v) is 6.34. The third-order valence-corrected chi connectivity index (χ3v) is 3.30. The first-order chi connectivity index (χ1) is 9.34. The Morgan fingerprint density at radius 1 is 1.00 bits per heavy atom. The van der Waals surface area contributed by atoms with Crippen LogP contribution < -0.4 is 0 Å². The van der Waals surface area contributed by atoms with Crippen LogP contribution >= 0.6 is 0 Å². The summed E-state index contributed by atoms with van der Waals surface area (Å²) in [5, 5.41) is 0. The van der Waals surface area contributed by atoms with Gasteiger partial charge in [-0.1, -0.05) is 54.6 Å². The molecule has 2 aromatic carbocycles. The average Bonchev–Trinajstić information content (AvgIpc) is 2.48. The van der Waals surface area contributed by atoms with Crippen LogP contribution in [0.25, 0.3) is 6.08 Å². The smallest absolute Gasteiger partial charge is 0.166 e. The highest BCUT2D eigenvalue weighted by Gasteiger charge is 2.21. The molecule has 2 aromatic rings. The molecule has 0 saturated heterocycles. The maximum absolute atomic E-state index is 12.2. The monoisotopic (exact) mass is 250 g/mol. The van der Waals surface area contributed by atoms with Gasteiger partial charge in [0.1, 0.15) is 6.10 Å². The zero-order valence-corrected chi connectivity index (χ0v) is 10.5. The molecule has 0 bridgehead atoms. The molecule has 0 aliphatic carbocycles. The number of carbonyl (C=O) groups is 1. The summed E-state index contributed by atoms with van der Waals surface area (Å²) < 4.78 is 5.60. The maximum atomic E-state index is 12.2. The molecule has 0 radical (unpaired) electrons. The summed E-state index contributed by atoms with van der Waals surface area (Å²) in [6, 6.07) is 17.4. The Balaban J connectivity index is 1.82. The molecule has 1 aliphatic rings. The van der Waals surface area contributed by atoms with Crippen LogP contribution in [0.4, 0.5) is 0 Å². The number of hydrogen-bond acceptors (Lipinski definition) is 2. The maximum Gasteiger partial charge on any atom is 0.166 e. The fraction of sp³-hybridized carbons (Fsp3) is 0.118. The fourth-order valence-corrected chi connectivity index (χ4v) is 2.30. The van der Waals surface area contributed by atoms with Crippen molar-refractivity contribution in [1.29, 1.82) is 0 Å². The summed E-state index contributed by atoms with van der Waals surface area (Å²) in [5.74, 6) is 0.107. The van der Waals surface area contributed by atoms with E-state index in [-0.39, 0.29) is 11.9 Å². The number of ether oxygens (including phenoxy) is 1. The van der Waals surface area contributed by atoms with Gasteiger partial charge in [-0.05, 0) is 11.6 Å². The topological polar surface area (TPSA) is 26.3 Å². The summed E-state index contributed by atoms with van der Waals surface area (Å²) in [6.07, 6.45) is 3.78. The molecular formula is C17H14O2. The van der Waals surface area contributed by atoms with Crippen molar-refractivity contribution in [2.75, 3.05) is 0 Å². The van der Waals surface area contributed by atoms with Crippen molar-refractivity contribution >= 4 is 11.9 Å². The molecule has 0 fully saturated rings. The van der Waals surface area contributed by atoms with Crippen LogP contribution in [-0.2, 0) is 4.74 Å². The van der Waals surface area contributed by atoms with Crippen LogP contribution in [0, 0.1) is 0 Å². The van der Waals surface area contributed by atoms with Crippen molar-refractivity contribution in [2.24, 2.45) is 0 Å². The van der Waals surface area contributed by atoms with Gasteiger partial charge in [-0.2, -0.15) is 0 Å². The molecule has 1 aliphatic heterocycles. The molecule has 19 heavy (non-hydrogen) atoms. The Hall–Kier alpha value is -2.35. The van der Waals surface area contributed by atoms with Crippen molar-refractivity contribution in [3.05, 3.63) is 77.5 Å². The van der Waals surface area contributed by atoms with Crippen LogP contribution in [0.1, 0.15) is 34.0 Å². The van der Waals surface area contributed by atoms with E-state index in [1.54, 1.807) is 6.26 Å². The third-order valence-electron chi connectivity index (χ3n) is 3.30. The van der Waals surface area contributed by atoms with Crippen LogP contribution in [0.3, 0.4) is 0 Å². The van der Waals surface area contributed by atoms with Gasteiger partial charge in [-0.25, -0.2) is 0 Å². The van der Waals surface area contributed by atoms with E-state index in [0.717, 1.165) is 16.7 Å². The van der Waals surface area contributed by atoms with Gasteiger partial charge in [0.05, 0.1) is 12.7 Å². The molecule has 0 aromatic heterocycles. The number of rotatable bonds is 3. The summed E-state index contributed by atoms with van der Waals surface area (Å²) in [5.41, 5.74) is 2.94. The summed E-state index contributed by atoms with van der Waals surface area (Å²) in [6.45, 7) is 0. The Morgan fingerprint density at radius 2 is 1.74 bits per heavy atom. The second-order valence-electron chi connectivity index (χ2n) is 4.55. The molecule has 1 heterocycles. The van der Waals surface area contributed by atoms with E-state index in [4.69, 9.17) is 4.74 Å². The lowest BCUT2D eigenvalue weighted by molar-refractivity contribution is 0.0839. The highest BCUT2D eigenvalue weighted by Crippen LogP contribution is 2.30. The first kappa shape index (κ1) is 11.7. The molecule has 2 heteroatoms. The van der Waals surface area contributed by atoms with E-state index in [9.17, 15) is 4.79 Å². The van der Waals surface area contributed by atoms with Gasteiger partial charge in [0.2, 0.25) is 0 Å². The molecule has 0 N–H and O–H groups in total. The zero-order valence-electron chi connectivity index (χ0n) is 10.5. The van der Waals surface area contributed by atoms with Crippen LogP contribution in [0.5, 0.6) is 0 Å². The number of carbonyl (C=O) groups excluding carboxylic acids is 1. The predicted molar refractivity (Wildman–Crippen MR) is 74.7 cm³/mol. The third kappa shape index (κ3) is 2.43. The lowest BCUT2D eigenvalue weighted by Gasteiger charge is -2.22. The van der Waals surface area contributed by atoms with Crippen LogP contribution in [0.15, 0.2) is 60.9 Å². The molecule has 94 valence electrons. The highest BCUT2D eigenvalue weighted by molar-refractivity contribution is 5.96. The van der Waals surface area contributed by atoms with E-state index in [0.29, 0.717) is 6.42 Å². The Bertz CT molecular complexity index is 614. The van der Waals surface area contributed by atoms with Crippen molar-refractivity contribution in [3.63, 3.8) is 0 Å². The molecule has 0 spiro atoms. The van der Waals surface area contributed by atoms with E-state index in [2.05, 4.69) is 0 Å². The minimum absolute atomic E-state index is 0.107. The number of benzene rings is 2. The predicted octanol–water partition coefficient (Wildman–Crippen LogP) is 4.00. The summed E-state index contributed by atoms with van der Waals surface area (Å²) in [4.78, 5) is 12.2. The summed E-state index contributed by atoms with van der Waals surface area (Å²) >= 11 is 0. The Morgan fingerprint density at radius 3 is 2.58 bits per heavy atom. The first-order valence-electron chi connectivity index (χ1n) is 6.34. The standard InChI is InChI=1S/C17H14O2/c18-16(14-7-2-1-3-8-14)12-17-15-9-5-4-6-13(15)10-11-19-17/h1-11,17H,12H2/t17-/m1/s1. The van der Waals surface area contributed by atoms with Gasteiger partial charge < -0.3 is 4.74 Å². The van der Waals surface area contributed by atoms with Crippen molar-refractivity contribution in [3.8, 4) is 0 Å². The zero-order chi connectivity index (χ0) is 13.1. The highest BCUT2D eigenvalue weighted by atomic mass is 16.5. The van der Waals surface area contributed by atoms with Crippen molar-refractivity contribution in [1.82, 2.24) is 0 Å². The fourth-order valence-electron chi connectivity index (χ4n) is 2.30. The Labute approximate surface area is 112 Å². The van der Waals surface area contributed by atoms with Gasteiger partial charge in [-0.15, -0.1) is 0 Å². The van der Waals surface area contributed by atoms with Gasteiger partial charge in [0.15, 0.2) is 5.78 Å². The molecular weight excluding hydrogens is 236 g/mol. The molecule has 3 rings (SSSR count). The lowest BCUT2D eigenvalue weighted by Crippen LogP contribution is -2.12. The second kappa shape index (κ2) is 5.11. The second-order valence-corrected chi connectivity index (χ2v) is 4.55. The largest absolute Gasteiger partial charge is 0.493 e. The van der Waals surface area contributed by atoms with Crippen LogP contribution in [-0.4, -0.2) is 5.78 Å². The van der Waals surface area contributed by atoms with Crippen LogP contribution in [0.2, 0.25) is 0 Å². The number of fused-ring (bicyclic) bond motifs is 1. The molecule has 0 saturated carbocycles. The molecule has 0 amide bonds.